The van der Waals surface area contributed by atoms with Crippen LogP contribution in [0.25, 0.3) is 54.2 Å². The molecule has 4 aromatic carbocycles. The summed E-state index contributed by atoms with van der Waals surface area (Å²) in [4.78, 5) is 10.2. The van der Waals surface area contributed by atoms with Gasteiger partial charge in [-0.2, -0.15) is 11.3 Å². The first-order chi connectivity index (χ1) is 21.1. The van der Waals surface area contributed by atoms with Gasteiger partial charge in [-0.05, 0) is 50.0 Å². The molecule has 2 nitrogen and oxygen atoms in total. The Morgan fingerprint density at radius 3 is 2.00 bits per heavy atom. The summed E-state index contributed by atoms with van der Waals surface area (Å²) < 4.78 is 1.28. The van der Waals surface area contributed by atoms with E-state index in [1.165, 1.54) is 42.8 Å². The van der Waals surface area contributed by atoms with Crippen LogP contribution >= 0.6 is 11.3 Å². The Morgan fingerprint density at radius 2 is 1.34 bits per heavy atom. The zero-order valence-corrected chi connectivity index (χ0v) is 28.1. The summed E-state index contributed by atoms with van der Waals surface area (Å²) in [5.74, 6) is 0.464. The number of nitrogens with zero attached hydrogens (tertiary/aromatic N) is 2. The number of pyridine rings is 2. The van der Waals surface area contributed by atoms with Gasteiger partial charge in [0.15, 0.2) is 0 Å². The summed E-state index contributed by atoms with van der Waals surface area (Å²) in [6, 6.07) is 48.4. The van der Waals surface area contributed by atoms with E-state index in [1.807, 2.05) is 60.0 Å². The van der Waals surface area contributed by atoms with E-state index in [0.717, 1.165) is 22.5 Å². The Hall–Kier alpha value is -4.21. The van der Waals surface area contributed by atoms with Gasteiger partial charge >= 0.3 is 0 Å². The van der Waals surface area contributed by atoms with Crippen LogP contribution in [0.5, 0.6) is 0 Å². The fraction of sp³-hybridized carbons (Fsp3) is 0.100. The van der Waals surface area contributed by atoms with Crippen molar-refractivity contribution < 1.29 is 20.1 Å². The van der Waals surface area contributed by atoms with Gasteiger partial charge in [-0.15, -0.1) is 53.4 Å². The van der Waals surface area contributed by atoms with Gasteiger partial charge in [-0.25, -0.2) is 0 Å². The van der Waals surface area contributed by atoms with E-state index in [9.17, 15) is 0 Å². The number of aromatic nitrogens is 2. The van der Waals surface area contributed by atoms with Crippen molar-refractivity contribution >= 4 is 21.4 Å². The molecule has 0 saturated carbocycles. The van der Waals surface area contributed by atoms with E-state index in [2.05, 4.69) is 117 Å². The van der Waals surface area contributed by atoms with Gasteiger partial charge in [0, 0.05) is 38.2 Å². The van der Waals surface area contributed by atoms with Crippen molar-refractivity contribution in [3.05, 3.63) is 157 Å². The summed E-state index contributed by atoms with van der Waals surface area (Å²) in [5, 5.41) is 1.19. The van der Waals surface area contributed by atoms with E-state index in [0.29, 0.717) is 5.92 Å². The number of rotatable bonds is 5. The normalized spacial score (nSPS) is 10.6. The molecule has 7 aromatic rings. The first-order valence-electron chi connectivity index (χ1n) is 14.5. The molecule has 0 aliphatic heterocycles. The van der Waals surface area contributed by atoms with Gasteiger partial charge in [0.2, 0.25) is 0 Å². The van der Waals surface area contributed by atoms with Gasteiger partial charge in [-0.3, -0.25) is 4.98 Å². The number of fused-ring (bicyclic) bond motifs is 1. The summed E-state index contributed by atoms with van der Waals surface area (Å²) in [5.41, 5.74) is 10.4. The molecule has 0 N–H and O–H groups in total. The van der Waals surface area contributed by atoms with Crippen LogP contribution in [0.2, 0.25) is 0 Å². The molecule has 0 amide bonds. The summed E-state index contributed by atoms with van der Waals surface area (Å²) in [6.07, 6.45) is 3.71. The molecule has 0 aliphatic rings. The molecule has 0 unspecified atom stereocenters. The quantitative estimate of drug-likeness (QED) is 0.163. The molecule has 0 aliphatic carbocycles. The fourth-order valence-electron chi connectivity index (χ4n) is 5.10. The Kier molecular flexibility index (Phi) is 10.3. The Bertz CT molecular complexity index is 1900. The molecular weight excluding hydrogens is 733 g/mol. The molecule has 3 aromatic heterocycles. The summed E-state index contributed by atoms with van der Waals surface area (Å²) in [6.45, 7) is 6.65. The summed E-state index contributed by atoms with van der Waals surface area (Å²) in [7, 11) is 0. The van der Waals surface area contributed by atoms with Crippen LogP contribution in [0.4, 0.5) is 0 Å². The molecule has 3 heterocycles. The van der Waals surface area contributed by atoms with Gasteiger partial charge in [-0.1, -0.05) is 116 Å². The fourth-order valence-corrected chi connectivity index (χ4v) is 6.40. The van der Waals surface area contributed by atoms with Crippen molar-refractivity contribution in [2.24, 2.45) is 0 Å². The van der Waals surface area contributed by atoms with Crippen LogP contribution in [0.1, 0.15) is 30.9 Å². The standard InChI is InChI=1S/C29H24NS.C11H8N.Ir/c1-19(2)23-14-15-30-27(18-23)24-16-25-20(3)28(22-12-8-5-9-13-22)31-29(25)26(17-24)21-10-6-4-7-11-21;1-2-6-10(7-3-1)11-8-4-5-9-12-11;/h4-15,17-19H,1-3H3;1-6,8-9H;/q2*-1;. The molecule has 219 valence electrons. The largest absolute Gasteiger partial charge is 0.305 e. The van der Waals surface area contributed by atoms with Crippen molar-refractivity contribution in [1.29, 1.82) is 0 Å². The number of aryl methyl sites for hydroxylation is 1. The average Bonchev–Trinajstić information content (AvgIpc) is 3.42. The first-order valence-corrected chi connectivity index (χ1v) is 15.3. The molecule has 0 spiro atoms. The maximum atomic E-state index is 4.70. The first kappa shape index (κ1) is 31.2. The van der Waals surface area contributed by atoms with Crippen molar-refractivity contribution in [2.75, 3.05) is 0 Å². The maximum Gasteiger partial charge on any atom is 0.0185 e. The molecule has 0 fully saturated rings. The minimum Gasteiger partial charge on any atom is -0.305 e. The van der Waals surface area contributed by atoms with Crippen molar-refractivity contribution in [3.8, 4) is 44.1 Å². The molecule has 0 bridgehead atoms. The predicted molar refractivity (Wildman–Crippen MR) is 182 cm³/mol. The second-order valence-corrected chi connectivity index (χ2v) is 11.7. The van der Waals surface area contributed by atoms with Gasteiger partial charge in [0.05, 0.1) is 0 Å². The average molecular weight is 765 g/mol. The molecule has 0 saturated heterocycles. The SMILES string of the molecule is Cc1c(-c2ccccc2)sc2c(-c3ccccc3)cc(-c3cc(C(C)C)ccn3)[c-]c12.[Ir].[c-]1ccccc1-c1ccccn1. The van der Waals surface area contributed by atoms with E-state index in [4.69, 9.17) is 4.98 Å². The van der Waals surface area contributed by atoms with E-state index < -0.39 is 0 Å². The Labute approximate surface area is 277 Å². The van der Waals surface area contributed by atoms with Crippen LogP contribution in [-0.2, 0) is 20.1 Å². The Morgan fingerprint density at radius 1 is 0.659 bits per heavy atom. The van der Waals surface area contributed by atoms with E-state index in [-0.39, 0.29) is 20.1 Å². The molecule has 44 heavy (non-hydrogen) atoms. The zero-order valence-electron chi connectivity index (χ0n) is 24.9. The molecule has 1 radical (unpaired) electrons. The minimum absolute atomic E-state index is 0. The van der Waals surface area contributed by atoms with Crippen molar-refractivity contribution in [2.45, 2.75) is 26.7 Å². The van der Waals surface area contributed by atoms with Gasteiger partial charge in [0.1, 0.15) is 0 Å². The smallest absolute Gasteiger partial charge is 0.0185 e. The predicted octanol–water partition coefficient (Wildman–Crippen LogP) is 11.1. The van der Waals surface area contributed by atoms with E-state index in [1.54, 1.807) is 6.20 Å². The molecule has 4 heteroatoms. The van der Waals surface area contributed by atoms with E-state index >= 15 is 0 Å². The number of hydrogen-bond acceptors (Lipinski definition) is 3. The van der Waals surface area contributed by atoms with Crippen LogP contribution in [0.3, 0.4) is 0 Å². The monoisotopic (exact) mass is 765 g/mol. The van der Waals surface area contributed by atoms with Crippen LogP contribution in [-0.4, -0.2) is 9.97 Å². The third-order valence-electron chi connectivity index (χ3n) is 7.44. The van der Waals surface area contributed by atoms with Crippen LogP contribution < -0.4 is 0 Å². The topological polar surface area (TPSA) is 25.8 Å². The second-order valence-electron chi connectivity index (χ2n) is 10.7. The Balaban J connectivity index is 0.000000248. The second kappa shape index (κ2) is 14.5. The molecular formula is C40H32IrN2S-2. The van der Waals surface area contributed by atoms with Crippen molar-refractivity contribution in [3.63, 3.8) is 0 Å². The number of benzene rings is 4. The van der Waals surface area contributed by atoms with Gasteiger partial charge in [0.25, 0.3) is 0 Å². The third kappa shape index (κ3) is 6.95. The van der Waals surface area contributed by atoms with Crippen LogP contribution in [0, 0.1) is 19.1 Å². The third-order valence-corrected chi connectivity index (χ3v) is 8.81. The minimum atomic E-state index is 0. The number of hydrogen-bond donors (Lipinski definition) is 0. The summed E-state index contributed by atoms with van der Waals surface area (Å²) >= 11 is 1.86. The number of thiophene rings is 1. The van der Waals surface area contributed by atoms with Crippen LogP contribution in [0.15, 0.2) is 134 Å². The van der Waals surface area contributed by atoms with Gasteiger partial charge < -0.3 is 4.98 Å². The molecule has 7 rings (SSSR count). The zero-order chi connectivity index (χ0) is 29.6. The molecule has 0 atom stereocenters. The maximum absolute atomic E-state index is 4.70. The van der Waals surface area contributed by atoms with Crippen molar-refractivity contribution in [1.82, 2.24) is 9.97 Å².